The van der Waals surface area contributed by atoms with Gasteiger partial charge in [-0.25, -0.2) is 0 Å². The molecule has 0 amide bonds. The molecule has 0 saturated carbocycles. The minimum atomic E-state index is -0.0847. The van der Waals surface area contributed by atoms with Crippen molar-refractivity contribution in [2.45, 2.75) is 6.29 Å². The molecule has 4 nitrogen and oxygen atoms in total. The van der Waals surface area contributed by atoms with Crippen LogP contribution >= 0.6 is 0 Å². The van der Waals surface area contributed by atoms with E-state index in [0.29, 0.717) is 0 Å². The molecule has 0 spiro atoms. The van der Waals surface area contributed by atoms with Gasteiger partial charge in [-0.2, -0.15) is 5.11 Å². The lowest BCUT2D eigenvalue weighted by atomic mass is 9.94. The number of hydrogen-bond acceptors (Lipinski definition) is 4. The van der Waals surface area contributed by atoms with E-state index in [4.69, 9.17) is 0 Å². The molecule has 0 radical (unpaired) electrons. The van der Waals surface area contributed by atoms with Crippen LogP contribution in [0.15, 0.2) is 77.2 Å². The first-order valence-electron chi connectivity index (χ1n) is 8.42. The molecule has 0 atom stereocenters. The van der Waals surface area contributed by atoms with Crippen LogP contribution in [0.2, 0.25) is 0 Å². The highest BCUT2D eigenvalue weighted by molar-refractivity contribution is 6.24. The molecule has 4 heteroatoms. The van der Waals surface area contributed by atoms with Crippen LogP contribution < -0.4 is 0 Å². The Morgan fingerprint density at radius 2 is 1.32 bits per heavy atom. The molecule has 0 fully saturated rings. The lowest BCUT2D eigenvalue weighted by Crippen LogP contribution is -2.31. The zero-order valence-corrected chi connectivity index (χ0v) is 14.2. The number of rotatable bonds is 2. The molecular weight excluding hydrogens is 308 g/mol. The molecule has 25 heavy (non-hydrogen) atoms. The third kappa shape index (κ3) is 2.07. The van der Waals surface area contributed by atoms with Crippen molar-refractivity contribution in [1.29, 1.82) is 0 Å². The lowest BCUT2D eigenvalue weighted by Gasteiger charge is -2.21. The van der Waals surface area contributed by atoms with E-state index in [1.165, 1.54) is 26.9 Å². The molecule has 0 aromatic heterocycles. The van der Waals surface area contributed by atoms with E-state index >= 15 is 0 Å². The van der Waals surface area contributed by atoms with Crippen molar-refractivity contribution >= 4 is 38.0 Å². The number of benzene rings is 4. The normalized spacial score (nSPS) is 15.8. The largest absolute Gasteiger partial charge is 0.340 e. The van der Waals surface area contributed by atoms with Crippen molar-refractivity contribution in [3.8, 4) is 0 Å². The van der Waals surface area contributed by atoms with Gasteiger partial charge in [-0.1, -0.05) is 48.5 Å². The van der Waals surface area contributed by atoms with Gasteiger partial charge in [-0.3, -0.25) is 0 Å². The minimum absolute atomic E-state index is 0.0847. The first kappa shape index (κ1) is 14.2. The first-order chi connectivity index (χ1) is 12.2. The summed E-state index contributed by atoms with van der Waals surface area (Å²) in [6.45, 7) is 0. The van der Waals surface area contributed by atoms with E-state index in [9.17, 15) is 0 Å². The molecule has 1 heterocycles. The zero-order valence-electron chi connectivity index (χ0n) is 14.2. The summed E-state index contributed by atoms with van der Waals surface area (Å²) in [7, 11) is 4.02. The van der Waals surface area contributed by atoms with Gasteiger partial charge < -0.3 is 9.80 Å². The van der Waals surface area contributed by atoms with Crippen LogP contribution in [0, 0.1) is 0 Å². The fourth-order valence-corrected chi connectivity index (χ4v) is 3.74. The van der Waals surface area contributed by atoms with Crippen LogP contribution in [-0.4, -0.2) is 30.2 Å². The molecule has 4 aromatic carbocycles. The van der Waals surface area contributed by atoms with Gasteiger partial charge in [0, 0.05) is 31.9 Å². The molecule has 0 saturated heterocycles. The Labute approximate surface area is 146 Å². The van der Waals surface area contributed by atoms with Crippen molar-refractivity contribution in [1.82, 2.24) is 9.80 Å². The van der Waals surface area contributed by atoms with Crippen LogP contribution in [-0.2, 0) is 0 Å². The van der Waals surface area contributed by atoms with Gasteiger partial charge in [0.2, 0.25) is 6.29 Å². The van der Waals surface area contributed by atoms with Gasteiger partial charge in [0.05, 0.1) is 5.69 Å². The Bertz CT molecular complexity index is 1120. The Morgan fingerprint density at radius 3 is 2.04 bits per heavy atom. The SMILES string of the molecule is CN1C=CN(C)C1N=Nc1ccc2ccc3cccc4ccc1c2c34. The predicted octanol–water partition coefficient (Wildman–Crippen LogP) is 5.30. The van der Waals surface area contributed by atoms with E-state index < -0.39 is 0 Å². The summed E-state index contributed by atoms with van der Waals surface area (Å²) in [5, 5.41) is 16.7. The number of azo groups is 1. The second-order valence-corrected chi connectivity index (χ2v) is 6.63. The summed E-state index contributed by atoms with van der Waals surface area (Å²) in [4.78, 5) is 4.08. The molecule has 5 rings (SSSR count). The highest BCUT2D eigenvalue weighted by atomic mass is 15.5. The summed E-state index contributed by atoms with van der Waals surface area (Å²) in [5.74, 6) is 0. The van der Waals surface area contributed by atoms with E-state index in [2.05, 4.69) is 64.8 Å². The van der Waals surface area contributed by atoms with Crippen molar-refractivity contribution in [3.63, 3.8) is 0 Å². The van der Waals surface area contributed by atoms with Gasteiger partial charge in [-0.15, -0.1) is 5.11 Å². The lowest BCUT2D eigenvalue weighted by molar-refractivity contribution is 0.207. The van der Waals surface area contributed by atoms with Crippen molar-refractivity contribution in [2.24, 2.45) is 10.2 Å². The Balaban J connectivity index is 1.71. The molecule has 122 valence electrons. The van der Waals surface area contributed by atoms with Crippen LogP contribution in [0.3, 0.4) is 0 Å². The maximum absolute atomic E-state index is 4.60. The summed E-state index contributed by atoms with van der Waals surface area (Å²) in [6.07, 6.45) is 3.93. The molecule has 4 aromatic rings. The van der Waals surface area contributed by atoms with E-state index in [0.717, 1.165) is 11.1 Å². The van der Waals surface area contributed by atoms with E-state index in [-0.39, 0.29) is 6.29 Å². The van der Waals surface area contributed by atoms with Gasteiger partial charge in [-0.05, 0) is 33.0 Å². The summed E-state index contributed by atoms with van der Waals surface area (Å²) < 4.78 is 0. The molecule has 0 unspecified atom stereocenters. The predicted molar refractivity (Wildman–Crippen MR) is 103 cm³/mol. The van der Waals surface area contributed by atoms with E-state index in [1.54, 1.807) is 0 Å². The zero-order chi connectivity index (χ0) is 17.0. The van der Waals surface area contributed by atoms with Crippen molar-refractivity contribution < 1.29 is 0 Å². The van der Waals surface area contributed by atoms with Crippen molar-refractivity contribution in [2.75, 3.05) is 14.1 Å². The molecule has 0 N–H and O–H groups in total. The smallest absolute Gasteiger partial charge is 0.217 e. The molecular formula is C21H18N4. The standard InChI is InChI=1S/C21H18N4/c1-24-12-13-25(2)21(24)23-22-18-11-9-16-7-6-14-4-3-5-15-8-10-17(18)20(16)19(14)15/h3-13,21H,1-2H3. The van der Waals surface area contributed by atoms with Gasteiger partial charge in [0.25, 0.3) is 0 Å². The third-order valence-electron chi connectivity index (χ3n) is 5.04. The highest BCUT2D eigenvalue weighted by Gasteiger charge is 2.19. The van der Waals surface area contributed by atoms with Crippen LogP contribution in [0.25, 0.3) is 32.3 Å². The average Bonchev–Trinajstić information content (AvgIpc) is 2.96. The maximum atomic E-state index is 4.60. The topological polar surface area (TPSA) is 31.2 Å². The second-order valence-electron chi connectivity index (χ2n) is 6.63. The average molecular weight is 326 g/mol. The van der Waals surface area contributed by atoms with Crippen LogP contribution in [0.4, 0.5) is 5.69 Å². The van der Waals surface area contributed by atoms with Gasteiger partial charge >= 0.3 is 0 Å². The number of hydrogen-bond donors (Lipinski definition) is 0. The first-order valence-corrected chi connectivity index (χ1v) is 8.42. The fourth-order valence-electron chi connectivity index (χ4n) is 3.74. The summed E-state index contributed by atoms with van der Waals surface area (Å²) in [5.41, 5.74) is 0.916. The maximum Gasteiger partial charge on any atom is 0.217 e. The molecule has 1 aliphatic heterocycles. The van der Waals surface area contributed by atoms with Gasteiger partial charge in [0.1, 0.15) is 0 Å². The molecule has 0 aliphatic carbocycles. The second kappa shape index (κ2) is 5.18. The van der Waals surface area contributed by atoms with Crippen LogP contribution in [0.5, 0.6) is 0 Å². The third-order valence-corrected chi connectivity index (χ3v) is 5.04. The van der Waals surface area contributed by atoms with E-state index in [1.807, 2.05) is 36.3 Å². The Morgan fingerprint density at radius 1 is 0.720 bits per heavy atom. The monoisotopic (exact) mass is 326 g/mol. The van der Waals surface area contributed by atoms with Crippen molar-refractivity contribution in [3.05, 3.63) is 67.0 Å². The molecule has 1 aliphatic rings. The van der Waals surface area contributed by atoms with Gasteiger partial charge in [0.15, 0.2) is 0 Å². The van der Waals surface area contributed by atoms with Crippen LogP contribution in [0.1, 0.15) is 0 Å². The fraction of sp³-hybridized carbons (Fsp3) is 0.143. The summed E-state index contributed by atoms with van der Waals surface area (Å²) in [6, 6.07) is 19.4. The Kier molecular flexibility index (Phi) is 2.95. The molecule has 0 bridgehead atoms. The highest BCUT2D eigenvalue weighted by Crippen LogP contribution is 2.38. The summed E-state index contributed by atoms with van der Waals surface area (Å²) >= 11 is 0. The Hall–Kier alpha value is -3.14. The quantitative estimate of drug-likeness (QED) is 0.370. The number of nitrogens with zero attached hydrogens (tertiary/aromatic N) is 4. The minimum Gasteiger partial charge on any atom is -0.340 e.